The smallest absolute Gasteiger partial charge is 0.408 e. The SMILES string of the molecule is Cc1cnn(C)c1-c1ccc(NC(=O)[C@@H](NC(=O)OC(C)(C)C)C2CCC(C)CC2)nc1. The Kier molecular flexibility index (Phi) is 7.21. The number of rotatable bonds is 5. The highest BCUT2D eigenvalue weighted by atomic mass is 16.6. The third-order valence-electron chi connectivity index (χ3n) is 5.90. The number of aryl methyl sites for hydroxylation is 2. The maximum Gasteiger partial charge on any atom is 0.408 e. The molecular weight excluding hydrogens is 406 g/mol. The van der Waals surface area contributed by atoms with Crippen LogP contribution in [0.1, 0.15) is 58.9 Å². The second-order valence-electron chi connectivity index (χ2n) is 9.87. The number of carbonyl (C=O) groups excluding carboxylic acids is 2. The molecule has 2 aromatic heterocycles. The Hall–Kier alpha value is -2.90. The van der Waals surface area contributed by atoms with Crippen molar-refractivity contribution in [3.63, 3.8) is 0 Å². The Balaban J connectivity index is 1.73. The highest BCUT2D eigenvalue weighted by molar-refractivity contribution is 5.96. The van der Waals surface area contributed by atoms with Crippen molar-refractivity contribution in [1.29, 1.82) is 0 Å². The van der Waals surface area contributed by atoms with Gasteiger partial charge in [-0.25, -0.2) is 9.78 Å². The molecule has 2 aromatic rings. The summed E-state index contributed by atoms with van der Waals surface area (Å²) in [6, 6.07) is 3.01. The number of alkyl carbamates (subject to hydrolysis) is 1. The van der Waals surface area contributed by atoms with Crippen LogP contribution in [0.4, 0.5) is 10.6 Å². The second-order valence-corrected chi connectivity index (χ2v) is 9.87. The van der Waals surface area contributed by atoms with Crippen molar-refractivity contribution >= 4 is 17.8 Å². The summed E-state index contributed by atoms with van der Waals surface area (Å²) in [4.78, 5) is 30.0. The number of aromatic nitrogens is 3. The van der Waals surface area contributed by atoms with Gasteiger partial charge in [-0.2, -0.15) is 5.10 Å². The van der Waals surface area contributed by atoms with Gasteiger partial charge < -0.3 is 15.4 Å². The fraction of sp³-hybridized carbons (Fsp3) is 0.583. The fourth-order valence-corrected chi connectivity index (χ4v) is 4.22. The van der Waals surface area contributed by atoms with E-state index in [9.17, 15) is 9.59 Å². The third kappa shape index (κ3) is 6.08. The standard InChI is InChI=1S/C24H35N5O3/c1-15-7-9-17(10-8-15)20(28-23(31)32-24(3,4)5)22(30)27-19-12-11-18(14-25-19)21-16(2)13-26-29(21)6/h11-15,17,20H,7-10H2,1-6H3,(H,28,31)(H,25,27,30)/t15?,17?,20-/m0/s1. The van der Waals surface area contributed by atoms with Gasteiger partial charge in [-0.15, -0.1) is 0 Å². The quantitative estimate of drug-likeness (QED) is 0.714. The summed E-state index contributed by atoms with van der Waals surface area (Å²) in [5, 5.41) is 9.96. The van der Waals surface area contributed by atoms with Crippen LogP contribution in [-0.2, 0) is 16.6 Å². The van der Waals surface area contributed by atoms with Gasteiger partial charge in [0.25, 0.3) is 0 Å². The lowest BCUT2D eigenvalue weighted by molar-refractivity contribution is -0.119. The fourth-order valence-electron chi connectivity index (χ4n) is 4.22. The lowest BCUT2D eigenvalue weighted by atomic mass is 9.79. The number of pyridine rings is 1. The van der Waals surface area contributed by atoms with Crippen LogP contribution >= 0.6 is 0 Å². The predicted molar refractivity (Wildman–Crippen MR) is 124 cm³/mol. The number of hydrogen-bond donors (Lipinski definition) is 2. The van der Waals surface area contributed by atoms with Gasteiger partial charge in [-0.1, -0.05) is 19.8 Å². The van der Waals surface area contributed by atoms with Gasteiger partial charge in [0.2, 0.25) is 5.91 Å². The summed E-state index contributed by atoms with van der Waals surface area (Å²) in [6.07, 6.45) is 6.82. The molecule has 0 unspecified atom stereocenters. The van der Waals surface area contributed by atoms with Crippen LogP contribution in [-0.4, -0.2) is 38.4 Å². The molecule has 1 atom stereocenters. The molecule has 0 aromatic carbocycles. The molecule has 1 saturated carbocycles. The van der Waals surface area contributed by atoms with E-state index in [0.717, 1.165) is 42.5 Å². The zero-order valence-electron chi connectivity index (χ0n) is 19.9. The molecule has 2 heterocycles. The first-order valence-corrected chi connectivity index (χ1v) is 11.3. The van der Waals surface area contributed by atoms with Gasteiger partial charge in [0.15, 0.2) is 0 Å². The number of hydrogen-bond acceptors (Lipinski definition) is 5. The number of amides is 2. The normalized spacial score (nSPS) is 19.8. The average molecular weight is 442 g/mol. The number of ether oxygens (including phenoxy) is 1. The van der Waals surface area contributed by atoms with Gasteiger partial charge in [0.1, 0.15) is 17.5 Å². The molecule has 0 saturated heterocycles. The van der Waals surface area contributed by atoms with E-state index in [1.165, 1.54) is 0 Å². The largest absolute Gasteiger partial charge is 0.444 e. The number of carbonyl (C=O) groups is 2. The van der Waals surface area contributed by atoms with E-state index in [-0.39, 0.29) is 11.8 Å². The number of anilines is 1. The van der Waals surface area contributed by atoms with E-state index in [4.69, 9.17) is 4.74 Å². The minimum absolute atomic E-state index is 0.0649. The molecule has 0 aliphatic heterocycles. The Morgan fingerprint density at radius 1 is 1.16 bits per heavy atom. The molecule has 0 radical (unpaired) electrons. The van der Waals surface area contributed by atoms with Crippen LogP contribution in [0.25, 0.3) is 11.3 Å². The number of nitrogens with zero attached hydrogens (tertiary/aromatic N) is 3. The second kappa shape index (κ2) is 9.71. The summed E-state index contributed by atoms with van der Waals surface area (Å²) < 4.78 is 7.21. The van der Waals surface area contributed by atoms with Crippen LogP contribution in [0, 0.1) is 18.8 Å². The van der Waals surface area contributed by atoms with Crippen molar-refractivity contribution in [1.82, 2.24) is 20.1 Å². The Bertz CT molecular complexity index is 918. The van der Waals surface area contributed by atoms with E-state index in [0.29, 0.717) is 11.7 Å². The van der Waals surface area contributed by atoms with E-state index >= 15 is 0 Å². The molecule has 8 heteroatoms. The molecule has 1 fully saturated rings. The summed E-state index contributed by atoms with van der Waals surface area (Å²) in [6.45, 7) is 9.64. The molecule has 0 bridgehead atoms. The first-order chi connectivity index (χ1) is 15.0. The molecule has 174 valence electrons. The van der Waals surface area contributed by atoms with Crippen LogP contribution in [0.2, 0.25) is 0 Å². The van der Waals surface area contributed by atoms with Crippen molar-refractivity contribution in [2.24, 2.45) is 18.9 Å². The molecule has 8 nitrogen and oxygen atoms in total. The van der Waals surface area contributed by atoms with E-state index < -0.39 is 17.7 Å². The summed E-state index contributed by atoms with van der Waals surface area (Å²) in [5.41, 5.74) is 2.33. The van der Waals surface area contributed by atoms with E-state index in [2.05, 4.69) is 27.6 Å². The lowest BCUT2D eigenvalue weighted by Gasteiger charge is -2.32. The minimum atomic E-state index is -0.668. The van der Waals surface area contributed by atoms with Crippen LogP contribution in [0.15, 0.2) is 24.5 Å². The third-order valence-corrected chi connectivity index (χ3v) is 5.90. The van der Waals surface area contributed by atoms with Crippen molar-refractivity contribution in [2.75, 3.05) is 5.32 Å². The van der Waals surface area contributed by atoms with E-state index in [1.807, 2.05) is 26.2 Å². The molecule has 1 aliphatic carbocycles. The van der Waals surface area contributed by atoms with Crippen LogP contribution in [0.3, 0.4) is 0 Å². The first-order valence-electron chi connectivity index (χ1n) is 11.3. The molecule has 2 N–H and O–H groups in total. The predicted octanol–water partition coefficient (Wildman–Crippen LogP) is 4.45. The topological polar surface area (TPSA) is 98.1 Å². The van der Waals surface area contributed by atoms with E-state index in [1.54, 1.807) is 37.7 Å². The zero-order valence-corrected chi connectivity index (χ0v) is 19.9. The average Bonchev–Trinajstić information content (AvgIpc) is 3.04. The number of nitrogens with one attached hydrogen (secondary N) is 2. The molecule has 1 aliphatic rings. The van der Waals surface area contributed by atoms with Gasteiger partial charge in [-0.05, 0) is 70.1 Å². The van der Waals surface area contributed by atoms with Crippen molar-refractivity contribution < 1.29 is 14.3 Å². The summed E-state index contributed by atoms with van der Waals surface area (Å²) in [5.74, 6) is 0.877. The van der Waals surface area contributed by atoms with Gasteiger partial charge in [-0.3, -0.25) is 9.48 Å². The molecule has 32 heavy (non-hydrogen) atoms. The maximum atomic E-state index is 13.2. The summed E-state index contributed by atoms with van der Waals surface area (Å²) >= 11 is 0. The molecule has 2 amide bonds. The van der Waals surface area contributed by atoms with Crippen LogP contribution in [0.5, 0.6) is 0 Å². The first kappa shape index (κ1) is 23.8. The van der Waals surface area contributed by atoms with Gasteiger partial charge in [0, 0.05) is 18.8 Å². The zero-order chi connectivity index (χ0) is 23.5. The maximum absolute atomic E-state index is 13.2. The Morgan fingerprint density at radius 2 is 1.84 bits per heavy atom. The minimum Gasteiger partial charge on any atom is -0.444 e. The van der Waals surface area contributed by atoms with Gasteiger partial charge >= 0.3 is 6.09 Å². The molecular formula is C24H35N5O3. The van der Waals surface area contributed by atoms with Crippen molar-refractivity contribution in [3.8, 4) is 11.3 Å². The Morgan fingerprint density at radius 3 is 2.38 bits per heavy atom. The highest BCUT2D eigenvalue weighted by Gasteiger charge is 2.34. The summed E-state index contributed by atoms with van der Waals surface area (Å²) in [7, 11) is 1.88. The van der Waals surface area contributed by atoms with Crippen molar-refractivity contribution in [3.05, 3.63) is 30.1 Å². The monoisotopic (exact) mass is 441 g/mol. The Labute approximate surface area is 190 Å². The lowest BCUT2D eigenvalue weighted by Crippen LogP contribution is -2.50. The van der Waals surface area contributed by atoms with Gasteiger partial charge in [0.05, 0.1) is 11.9 Å². The highest BCUT2D eigenvalue weighted by Crippen LogP contribution is 2.31. The van der Waals surface area contributed by atoms with Crippen LogP contribution < -0.4 is 10.6 Å². The van der Waals surface area contributed by atoms with Crippen molar-refractivity contribution in [2.45, 2.75) is 71.9 Å². The molecule has 0 spiro atoms. The molecule has 3 rings (SSSR count).